The molecule has 0 aliphatic carbocycles. The molecule has 0 N–H and O–H groups in total. The number of nitrogens with zero attached hydrogens (tertiary/aromatic N) is 2. The fraction of sp³-hybridized carbons (Fsp3) is 0.769. The number of hydrogen-bond donors (Lipinski definition) is 0. The van der Waals surface area contributed by atoms with E-state index < -0.39 is 0 Å². The number of aromatic nitrogens is 2. The molecule has 0 aliphatic heterocycles. The van der Waals surface area contributed by atoms with Crippen molar-refractivity contribution in [2.45, 2.75) is 58.5 Å². The highest BCUT2D eigenvalue weighted by atomic mass is 31.1. The van der Waals surface area contributed by atoms with Crippen LogP contribution in [0, 0.1) is 0 Å². The summed E-state index contributed by atoms with van der Waals surface area (Å²) in [6.07, 6.45) is 7.74. The second kappa shape index (κ2) is 4.49. The van der Waals surface area contributed by atoms with E-state index in [1.54, 1.807) is 0 Å². The smallest absolute Gasteiger partial charge is 0.233 e. The Balaban J connectivity index is 2.74. The quantitative estimate of drug-likeness (QED) is 0.554. The van der Waals surface area contributed by atoms with Crippen LogP contribution in [0.3, 0.4) is 0 Å². The van der Waals surface area contributed by atoms with E-state index in [-0.39, 0.29) is 13.5 Å². The van der Waals surface area contributed by atoms with Gasteiger partial charge in [-0.25, -0.2) is 9.13 Å². The second-order valence-corrected chi connectivity index (χ2v) is 9.54. The predicted octanol–water partition coefficient (Wildman–Crippen LogP) is 3.40. The maximum absolute atomic E-state index is 2.39. The van der Waals surface area contributed by atoms with Gasteiger partial charge in [-0.2, -0.15) is 0 Å². The van der Waals surface area contributed by atoms with Crippen LogP contribution in [0.4, 0.5) is 0 Å². The van der Waals surface area contributed by atoms with Crippen LogP contribution in [0.15, 0.2) is 18.7 Å². The minimum Gasteiger partial charge on any atom is -0.233 e. The standard InChI is InChI=1S/C13H26N2P/c1-12(2,3)15-9-8-14(10-15)11-16(7)13(4,5)6/h8-10H,11H2,1-7H3/q+1/t16-/m0/s1. The van der Waals surface area contributed by atoms with Crippen LogP contribution in [-0.2, 0) is 11.8 Å². The molecule has 0 spiro atoms. The fourth-order valence-corrected chi connectivity index (χ4v) is 2.41. The van der Waals surface area contributed by atoms with Gasteiger partial charge in [-0.05, 0) is 32.6 Å². The van der Waals surface area contributed by atoms with Gasteiger partial charge < -0.3 is 0 Å². The average molecular weight is 241 g/mol. The summed E-state index contributed by atoms with van der Waals surface area (Å²) in [5.41, 5.74) is 0.184. The van der Waals surface area contributed by atoms with E-state index in [1.807, 2.05) is 0 Å². The molecule has 0 aromatic carbocycles. The van der Waals surface area contributed by atoms with Gasteiger partial charge in [-0.1, -0.05) is 28.7 Å². The van der Waals surface area contributed by atoms with Gasteiger partial charge >= 0.3 is 0 Å². The first kappa shape index (κ1) is 13.7. The van der Waals surface area contributed by atoms with Gasteiger partial charge in [0.15, 0.2) is 0 Å². The minimum atomic E-state index is 0.0292. The van der Waals surface area contributed by atoms with Crippen LogP contribution in [0.5, 0.6) is 0 Å². The van der Waals surface area contributed by atoms with Gasteiger partial charge in [0.1, 0.15) is 24.2 Å². The Morgan fingerprint density at radius 3 is 2.06 bits per heavy atom. The highest BCUT2D eigenvalue weighted by Crippen LogP contribution is 2.45. The largest absolute Gasteiger partial charge is 0.244 e. The molecule has 1 aromatic heterocycles. The summed E-state index contributed by atoms with van der Waals surface area (Å²) in [6.45, 7) is 16.1. The maximum Gasteiger partial charge on any atom is 0.244 e. The van der Waals surface area contributed by atoms with Crippen LogP contribution in [-0.4, -0.2) is 16.4 Å². The molecule has 0 saturated carbocycles. The third-order valence-electron chi connectivity index (χ3n) is 2.99. The van der Waals surface area contributed by atoms with Gasteiger partial charge in [0.05, 0.1) is 0 Å². The Kier molecular flexibility index (Phi) is 3.84. The molecule has 3 heteroatoms. The van der Waals surface area contributed by atoms with Crippen LogP contribution >= 0.6 is 7.92 Å². The third-order valence-corrected chi connectivity index (χ3v) is 6.03. The highest BCUT2D eigenvalue weighted by Gasteiger charge is 2.23. The van der Waals surface area contributed by atoms with Crippen molar-refractivity contribution < 1.29 is 4.57 Å². The van der Waals surface area contributed by atoms with E-state index >= 15 is 0 Å². The van der Waals surface area contributed by atoms with E-state index in [2.05, 4.69) is 76.1 Å². The van der Waals surface area contributed by atoms with Crippen molar-refractivity contribution >= 4 is 7.92 Å². The zero-order valence-electron chi connectivity index (χ0n) is 11.8. The highest BCUT2D eigenvalue weighted by molar-refractivity contribution is 7.57. The van der Waals surface area contributed by atoms with E-state index in [1.165, 1.54) is 0 Å². The van der Waals surface area contributed by atoms with Gasteiger partial charge in [-0.3, -0.25) is 0 Å². The zero-order chi connectivity index (χ0) is 12.6. The summed E-state index contributed by atoms with van der Waals surface area (Å²) < 4.78 is 4.60. The molecule has 0 amide bonds. The summed E-state index contributed by atoms with van der Waals surface area (Å²) in [5, 5.41) is 0.437. The van der Waals surface area contributed by atoms with E-state index in [4.69, 9.17) is 0 Å². The van der Waals surface area contributed by atoms with Crippen LogP contribution in [0.2, 0.25) is 0 Å². The van der Waals surface area contributed by atoms with Gasteiger partial charge in [-0.15, -0.1) is 0 Å². The van der Waals surface area contributed by atoms with Gasteiger partial charge in [0.25, 0.3) is 0 Å². The Morgan fingerprint density at radius 2 is 1.69 bits per heavy atom. The molecule has 1 heterocycles. The molecule has 1 rings (SSSR count). The lowest BCUT2D eigenvalue weighted by Crippen LogP contribution is -2.34. The first-order valence-corrected chi connectivity index (χ1v) is 7.87. The minimum absolute atomic E-state index is 0.0292. The van der Waals surface area contributed by atoms with Crippen LogP contribution in [0.25, 0.3) is 0 Å². The number of hydrogen-bond acceptors (Lipinski definition) is 0. The third kappa shape index (κ3) is 3.59. The lowest BCUT2D eigenvalue weighted by Gasteiger charge is -2.26. The Labute approximate surface area is 101 Å². The maximum atomic E-state index is 2.39. The summed E-state index contributed by atoms with van der Waals surface area (Å²) in [5.74, 6) is 0. The summed E-state index contributed by atoms with van der Waals surface area (Å²) in [7, 11) is 0.0292. The molecule has 2 nitrogen and oxygen atoms in total. The molecule has 0 saturated heterocycles. The van der Waals surface area contributed by atoms with Crippen molar-refractivity contribution in [3.8, 4) is 0 Å². The lowest BCUT2D eigenvalue weighted by atomic mass is 10.1. The summed E-state index contributed by atoms with van der Waals surface area (Å²) in [6, 6.07) is 0. The van der Waals surface area contributed by atoms with Crippen molar-refractivity contribution in [3.63, 3.8) is 0 Å². The van der Waals surface area contributed by atoms with E-state index in [0.29, 0.717) is 5.16 Å². The van der Waals surface area contributed by atoms with Crippen LogP contribution < -0.4 is 4.57 Å². The first-order valence-electron chi connectivity index (χ1n) is 5.89. The molecular formula is C13H26N2P+. The molecule has 1 aromatic rings. The van der Waals surface area contributed by atoms with Crippen molar-refractivity contribution in [2.24, 2.45) is 0 Å². The zero-order valence-corrected chi connectivity index (χ0v) is 12.7. The normalized spacial score (nSPS) is 15.2. The van der Waals surface area contributed by atoms with Crippen LogP contribution in [0.1, 0.15) is 41.5 Å². The monoisotopic (exact) mass is 241 g/mol. The first-order chi connectivity index (χ1) is 7.10. The molecule has 0 unspecified atom stereocenters. The average Bonchev–Trinajstić information content (AvgIpc) is 2.49. The molecule has 1 atom stereocenters. The number of rotatable bonds is 2. The molecule has 0 fully saturated rings. The van der Waals surface area contributed by atoms with Gasteiger partial charge in [0, 0.05) is 0 Å². The second-order valence-electron chi connectivity index (χ2n) is 6.52. The molecule has 0 radical (unpaired) electrons. The fourth-order valence-electron chi connectivity index (χ4n) is 1.33. The van der Waals surface area contributed by atoms with E-state index in [9.17, 15) is 0 Å². The van der Waals surface area contributed by atoms with E-state index in [0.717, 1.165) is 6.29 Å². The van der Waals surface area contributed by atoms with Crippen molar-refractivity contribution in [1.29, 1.82) is 0 Å². The Hall–Kier alpha value is -0.360. The van der Waals surface area contributed by atoms with Crippen molar-refractivity contribution in [1.82, 2.24) is 4.57 Å². The molecule has 92 valence electrons. The molecule has 16 heavy (non-hydrogen) atoms. The Morgan fingerprint density at radius 1 is 1.12 bits per heavy atom. The van der Waals surface area contributed by atoms with Crippen molar-refractivity contribution in [3.05, 3.63) is 18.7 Å². The number of imidazole rings is 1. The predicted molar refractivity (Wildman–Crippen MR) is 72.2 cm³/mol. The SMILES string of the molecule is C[P@@](C[n+]1ccn(C(C)(C)C)c1)C(C)(C)C. The molecule has 0 bridgehead atoms. The summed E-state index contributed by atoms with van der Waals surface area (Å²) in [4.78, 5) is 0. The Bertz CT molecular complexity index is 342. The van der Waals surface area contributed by atoms with Gasteiger partial charge in [0.2, 0.25) is 6.33 Å². The summed E-state index contributed by atoms with van der Waals surface area (Å²) >= 11 is 0. The molecule has 0 aliphatic rings. The lowest BCUT2D eigenvalue weighted by molar-refractivity contribution is -0.677. The molecular weight excluding hydrogens is 215 g/mol. The van der Waals surface area contributed by atoms with Crippen molar-refractivity contribution in [2.75, 3.05) is 6.66 Å². The topological polar surface area (TPSA) is 8.81 Å².